The third-order valence-corrected chi connectivity index (χ3v) is 3.69. The number of pyridine rings is 1. The third-order valence-electron chi connectivity index (χ3n) is 3.69. The maximum Gasteiger partial charge on any atom is 0.0751 e. The van der Waals surface area contributed by atoms with Crippen LogP contribution in [0.25, 0.3) is 0 Å². The molecule has 0 saturated heterocycles. The molecule has 2 nitrogen and oxygen atoms in total. The van der Waals surface area contributed by atoms with Crippen molar-refractivity contribution in [3.05, 3.63) is 64.0 Å². The van der Waals surface area contributed by atoms with Crippen molar-refractivity contribution in [1.29, 1.82) is 0 Å². The Kier molecular flexibility index (Phi) is 4.01. The zero-order valence-electron chi connectivity index (χ0n) is 12.4. The topological polar surface area (TPSA) is 24.9 Å². The quantitative estimate of drug-likeness (QED) is 0.905. The average Bonchev–Trinajstić information content (AvgIpc) is 2.36. The van der Waals surface area contributed by atoms with Crippen LogP contribution in [0.4, 0.5) is 0 Å². The molecule has 1 aromatic carbocycles. The second-order valence-electron chi connectivity index (χ2n) is 5.22. The molecule has 2 aromatic rings. The molecular formula is C17H22N2. The summed E-state index contributed by atoms with van der Waals surface area (Å²) in [6.07, 6.45) is 0. The van der Waals surface area contributed by atoms with Gasteiger partial charge in [0.25, 0.3) is 0 Å². The van der Waals surface area contributed by atoms with E-state index in [-0.39, 0.29) is 6.04 Å². The Hall–Kier alpha value is -1.67. The second-order valence-corrected chi connectivity index (χ2v) is 5.22. The fourth-order valence-electron chi connectivity index (χ4n) is 2.48. The van der Waals surface area contributed by atoms with Crippen LogP contribution in [0.5, 0.6) is 0 Å². The minimum Gasteiger partial charge on any atom is -0.308 e. The molecule has 0 spiro atoms. The molecule has 0 bridgehead atoms. The number of hydrogen-bond acceptors (Lipinski definition) is 2. The van der Waals surface area contributed by atoms with Crippen molar-refractivity contribution in [2.75, 3.05) is 7.05 Å². The summed E-state index contributed by atoms with van der Waals surface area (Å²) in [7, 11) is 1.99. The lowest BCUT2D eigenvalue weighted by atomic mass is 9.94. The summed E-state index contributed by atoms with van der Waals surface area (Å²) in [5.41, 5.74) is 7.42. The molecule has 2 rings (SSSR count). The van der Waals surface area contributed by atoms with Gasteiger partial charge in [-0.1, -0.05) is 18.2 Å². The SMILES string of the molecule is CNC(c1cccc(C)n1)c1cc(C)c(C)cc1C. The number of rotatable bonds is 3. The molecule has 19 heavy (non-hydrogen) atoms. The first-order valence-corrected chi connectivity index (χ1v) is 6.71. The minimum absolute atomic E-state index is 0.152. The molecule has 1 unspecified atom stereocenters. The van der Waals surface area contributed by atoms with Crippen molar-refractivity contribution in [2.24, 2.45) is 0 Å². The summed E-state index contributed by atoms with van der Waals surface area (Å²) >= 11 is 0. The summed E-state index contributed by atoms with van der Waals surface area (Å²) in [6.45, 7) is 8.52. The normalized spacial score (nSPS) is 12.5. The van der Waals surface area contributed by atoms with Gasteiger partial charge in [0.2, 0.25) is 0 Å². The van der Waals surface area contributed by atoms with E-state index in [1.165, 1.54) is 22.3 Å². The number of aryl methyl sites for hydroxylation is 4. The van der Waals surface area contributed by atoms with Crippen LogP contribution >= 0.6 is 0 Å². The molecule has 1 atom stereocenters. The van der Waals surface area contributed by atoms with Crippen LogP contribution in [0.1, 0.15) is 39.7 Å². The predicted octanol–water partition coefficient (Wildman–Crippen LogP) is 3.62. The largest absolute Gasteiger partial charge is 0.308 e. The Labute approximate surface area is 115 Å². The Morgan fingerprint density at radius 2 is 1.63 bits per heavy atom. The van der Waals surface area contributed by atoms with Crippen molar-refractivity contribution < 1.29 is 0 Å². The maximum atomic E-state index is 4.65. The van der Waals surface area contributed by atoms with Gasteiger partial charge in [0.05, 0.1) is 11.7 Å². The first-order chi connectivity index (χ1) is 9.02. The lowest BCUT2D eigenvalue weighted by Gasteiger charge is -2.20. The molecule has 1 aromatic heterocycles. The molecule has 0 aliphatic heterocycles. The van der Waals surface area contributed by atoms with Crippen molar-refractivity contribution in [3.8, 4) is 0 Å². The van der Waals surface area contributed by atoms with Crippen molar-refractivity contribution in [2.45, 2.75) is 33.7 Å². The van der Waals surface area contributed by atoms with E-state index in [0.717, 1.165) is 11.4 Å². The molecule has 0 radical (unpaired) electrons. The molecule has 0 aliphatic rings. The third kappa shape index (κ3) is 2.85. The highest BCUT2D eigenvalue weighted by atomic mass is 14.9. The number of benzene rings is 1. The fraction of sp³-hybridized carbons (Fsp3) is 0.353. The molecule has 0 aliphatic carbocycles. The van der Waals surface area contributed by atoms with E-state index in [1.54, 1.807) is 0 Å². The van der Waals surface area contributed by atoms with Gasteiger partial charge in [-0.25, -0.2) is 0 Å². The van der Waals surface area contributed by atoms with Gasteiger partial charge in [-0.3, -0.25) is 4.98 Å². The summed E-state index contributed by atoms with van der Waals surface area (Å²) in [5, 5.41) is 3.39. The minimum atomic E-state index is 0.152. The van der Waals surface area contributed by atoms with Crippen LogP contribution in [0, 0.1) is 27.7 Å². The van der Waals surface area contributed by atoms with Crippen LogP contribution in [-0.4, -0.2) is 12.0 Å². The van der Waals surface area contributed by atoms with Crippen LogP contribution in [-0.2, 0) is 0 Å². The van der Waals surface area contributed by atoms with Gasteiger partial charge in [-0.15, -0.1) is 0 Å². The lowest BCUT2D eigenvalue weighted by Crippen LogP contribution is -2.20. The van der Waals surface area contributed by atoms with E-state index in [1.807, 2.05) is 20.0 Å². The lowest BCUT2D eigenvalue weighted by molar-refractivity contribution is 0.664. The first kappa shape index (κ1) is 13.8. The van der Waals surface area contributed by atoms with Gasteiger partial charge in [-0.05, 0) is 69.1 Å². The number of nitrogens with zero attached hydrogens (tertiary/aromatic N) is 1. The smallest absolute Gasteiger partial charge is 0.0751 e. The number of nitrogens with one attached hydrogen (secondary N) is 1. The number of hydrogen-bond donors (Lipinski definition) is 1. The average molecular weight is 254 g/mol. The Balaban J connectivity index is 2.51. The fourth-order valence-corrected chi connectivity index (χ4v) is 2.48. The van der Waals surface area contributed by atoms with Gasteiger partial charge in [0, 0.05) is 5.69 Å². The highest BCUT2D eigenvalue weighted by molar-refractivity contribution is 5.41. The Morgan fingerprint density at radius 3 is 2.26 bits per heavy atom. The summed E-state index contributed by atoms with van der Waals surface area (Å²) in [4.78, 5) is 4.65. The van der Waals surface area contributed by atoms with E-state index in [0.29, 0.717) is 0 Å². The molecule has 1 heterocycles. The van der Waals surface area contributed by atoms with E-state index < -0.39 is 0 Å². The molecule has 1 N–H and O–H groups in total. The molecule has 0 fully saturated rings. The predicted molar refractivity (Wildman–Crippen MR) is 80.5 cm³/mol. The van der Waals surface area contributed by atoms with Crippen molar-refractivity contribution in [3.63, 3.8) is 0 Å². The molecular weight excluding hydrogens is 232 g/mol. The monoisotopic (exact) mass is 254 g/mol. The van der Waals surface area contributed by atoms with Crippen LogP contribution in [0.15, 0.2) is 30.3 Å². The van der Waals surface area contributed by atoms with E-state index in [4.69, 9.17) is 0 Å². The Morgan fingerprint density at radius 1 is 0.947 bits per heavy atom. The van der Waals surface area contributed by atoms with Gasteiger partial charge < -0.3 is 5.32 Å². The maximum absolute atomic E-state index is 4.65. The van der Waals surface area contributed by atoms with Crippen LogP contribution < -0.4 is 5.32 Å². The molecule has 2 heteroatoms. The summed E-state index contributed by atoms with van der Waals surface area (Å²) < 4.78 is 0. The molecule has 0 amide bonds. The van der Waals surface area contributed by atoms with E-state index >= 15 is 0 Å². The van der Waals surface area contributed by atoms with Gasteiger partial charge >= 0.3 is 0 Å². The van der Waals surface area contributed by atoms with Gasteiger partial charge in [0.1, 0.15) is 0 Å². The highest BCUT2D eigenvalue weighted by Crippen LogP contribution is 2.26. The van der Waals surface area contributed by atoms with Gasteiger partial charge in [-0.2, -0.15) is 0 Å². The van der Waals surface area contributed by atoms with Gasteiger partial charge in [0.15, 0.2) is 0 Å². The zero-order valence-corrected chi connectivity index (χ0v) is 12.4. The number of aromatic nitrogens is 1. The highest BCUT2D eigenvalue weighted by Gasteiger charge is 2.16. The second kappa shape index (κ2) is 5.54. The summed E-state index contributed by atoms with van der Waals surface area (Å²) in [6, 6.07) is 10.9. The van der Waals surface area contributed by atoms with Crippen molar-refractivity contribution >= 4 is 0 Å². The summed E-state index contributed by atoms with van der Waals surface area (Å²) in [5.74, 6) is 0. The Bertz CT molecular complexity index is 588. The molecule has 0 saturated carbocycles. The standard InChI is InChI=1S/C17H22N2/c1-11-9-13(3)15(10-12(11)2)17(18-5)16-8-6-7-14(4)19-16/h6-10,17-18H,1-5H3. The van der Waals surface area contributed by atoms with Crippen molar-refractivity contribution in [1.82, 2.24) is 10.3 Å². The van der Waals surface area contributed by atoms with Crippen LogP contribution in [0.3, 0.4) is 0 Å². The molecule has 100 valence electrons. The van der Waals surface area contributed by atoms with E-state index in [2.05, 4.69) is 55.3 Å². The van der Waals surface area contributed by atoms with E-state index in [9.17, 15) is 0 Å². The van der Waals surface area contributed by atoms with Crippen LogP contribution in [0.2, 0.25) is 0 Å². The zero-order chi connectivity index (χ0) is 14.0. The first-order valence-electron chi connectivity index (χ1n) is 6.71.